The van der Waals surface area contributed by atoms with E-state index in [1.807, 2.05) is 49.4 Å². The summed E-state index contributed by atoms with van der Waals surface area (Å²) >= 11 is 0. The smallest absolute Gasteiger partial charge is 0.166 e. The molecule has 0 saturated carbocycles. The number of hydrogen-bond donors (Lipinski definition) is 1. The van der Waals surface area contributed by atoms with Crippen molar-refractivity contribution >= 4 is 11.5 Å². The van der Waals surface area contributed by atoms with E-state index in [4.69, 9.17) is 4.84 Å². The van der Waals surface area contributed by atoms with Crippen molar-refractivity contribution in [3.63, 3.8) is 0 Å². The van der Waals surface area contributed by atoms with Gasteiger partial charge in [-0.2, -0.15) is 0 Å². The van der Waals surface area contributed by atoms with Crippen LogP contribution in [-0.4, -0.2) is 5.78 Å². The number of nitrogens with one attached hydrogen (secondary N) is 1. The SMILES string of the molecule is CCC(=O)c1ccccc1ONc1ccccc1. The maximum Gasteiger partial charge on any atom is 0.166 e. The molecule has 2 aromatic rings. The van der Waals surface area contributed by atoms with Gasteiger partial charge in [0.25, 0.3) is 0 Å². The van der Waals surface area contributed by atoms with E-state index in [1.165, 1.54) is 0 Å². The van der Waals surface area contributed by atoms with Gasteiger partial charge in [-0.05, 0) is 24.3 Å². The zero-order chi connectivity index (χ0) is 12.8. The number of benzene rings is 2. The molecule has 18 heavy (non-hydrogen) atoms. The van der Waals surface area contributed by atoms with Crippen LogP contribution in [0.5, 0.6) is 5.75 Å². The van der Waals surface area contributed by atoms with Gasteiger partial charge < -0.3 is 4.84 Å². The molecule has 0 aromatic heterocycles. The number of anilines is 1. The summed E-state index contributed by atoms with van der Waals surface area (Å²) in [4.78, 5) is 17.2. The van der Waals surface area contributed by atoms with E-state index in [0.29, 0.717) is 17.7 Å². The third kappa shape index (κ3) is 2.88. The standard InChI is InChI=1S/C15H15NO2/c1-2-14(17)13-10-6-7-11-15(13)18-16-12-8-4-3-5-9-12/h3-11,16H,2H2,1H3. The second kappa shape index (κ2) is 5.87. The molecule has 0 amide bonds. The Kier molecular flexibility index (Phi) is 3.97. The van der Waals surface area contributed by atoms with Crippen LogP contribution < -0.4 is 10.3 Å². The molecule has 1 N–H and O–H groups in total. The zero-order valence-corrected chi connectivity index (χ0v) is 10.2. The molecular formula is C15H15NO2. The highest BCUT2D eigenvalue weighted by atomic mass is 16.6. The Balaban J connectivity index is 2.12. The molecule has 92 valence electrons. The van der Waals surface area contributed by atoms with E-state index in [-0.39, 0.29) is 5.78 Å². The maximum absolute atomic E-state index is 11.7. The minimum atomic E-state index is 0.0699. The quantitative estimate of drug-likeness (QED) is 0.641. The summed E-state index contributed by atoms with van der Waals surface area (Å²) in [6.07, 6.45) is 0.464. The van der Waals surface area contributed by atoms with Crippen LogP contribution in [0, 0.1) is 0 Å². The number of carbonyl (C=O) groups is 1. The van der Waals surface area contributed by atoms with Crippen molar-refractivity contribution in [1.29, 1.82) is 0 Å². The number of rotatable bonds is 5. The highest BCUT2D eigenvalue weighted by molar-refractivity contribution is 5.98. The van der Waals surface area contributed by atoms with Crippen LogP contribution in [-0.2, 0) is 0 Å². The van der Waals surface area contributed by atoms with Crippen LogP contribution in [0.25, 0.3) is 0 Å². The average Bonchev–Trinajstić information content (AvgIpc) is 2.45. The van der Waals surface area contributed by atoms with Crippen LogP contribution in [0.4, 0.5) is 5.69 Å². The van der Waals surface area contributed by atoms with Gasteiger partial charge in [-0.1, -0.05) is 37.3 Å². The van der Waals surface area contributed by atoms with Crippen LogP contribution in [0.3, 0.4) is 0 Å². The van der Waals surface area contributed by atoms with Crippen LogP contribution in [0.2, 0.25) is 0 Å². The van der Waals surface area contributed by atoms with Gasteiger partial charge in [0.2, 0.25) is 0 Å². The average molecular weight is 241 g/mol. The zero-order valence-electron chi connectivity index (χ0n) is 10.2. The predicted molar refractivity (Wildman–Crippen MR) is 71.8 cm³/mol. The van der Waals surface area contributed by atoms with Gasteiger partial charge in [-0.3, -0.25) is 4.79 Å². The van der Waals surface area contributed by atoms with Gasteiger partial charge in [0.15, 0.2) is 11.5 Å². The summed E-state index contributed by atoms with van der Waals surface area (Å²) in [6, 6.07) is 16.8. The Morgan fingerprint density at radius 2 is 1.72 bits per heavy atom. The molecule has 3 heteroatoms. The summed E-state index contributed by atoms with van der Waals surface area (Å²) in [6.45, 7) is 1.84. The summed E-state index contributed by atoms with van der Waals surface area (Å²) in [7, 11) is 0. The van der Waals surface area contributed by atoms with E-state index in [9.17, 15) is 4.79 Å². The molecule has 0 aliphatic heterocycles. The first-order chi connectivity index (χ1) is 8.81. The molecule has 0 aliphatic rings. The molecule has 0 heterocycles. The van der Waals surface area contributed by atoms with Gasteiger partial charge in [0.1, 0.15) is 0 Å². The molecule has 0 radical (unpaired) electrons. The molecule has 0 atom stereocenters. The number of hydrogen-bond acceptors (Lipinski definition) is 3. The Hall–Kier alpha value is -2.29. The van der Waals surface area contributed by atoms with E-state index < -0.39 is 0 Å². The molecular weight excluding hydrogens is 226 g/mol. The molecule has 0 aliphatic carbocycles. The number of ketones is 1. The van der Waals surface area contributed by atoms with Gasteiger partial charge in [0.05, 0.1) is 11.3 Å². The minimum absolute atomic E-state index is 0.0699. The Morgan fingerprint density at radius 1 is 1.06 bits per heavy atom. The predicted octanol–water partition coefficient (Wildman–Crippen LogP) is 3.69. The fourth-order valence-corrected chi connectivity index (χ4v) is 1.60. The molecule has 0 saturated heterocycles. The largest absolute Gasteiger partial charge is 0.381 e. The Bertz CT molecular complexity index is 523. The van der Waals surface area contributed by atoms with Gasteiger partial charge >= 0.3 is 0 Å². The van der Waals surface area contributed by atoms with Crippen molar-refractivity contribution in [3.05, 3.63) is 60.2 Å². The summed E-state index contributed by atoms with van der Waals surface area (Å²) < 4.78 is 0. The summed E-state index contributed by atoms with van der Waals surface area (Å²) in [5.41, 5.74) is 4.27. The summed E-state index contributed by atoms with van der Waals surface area (Å²) in [5, 5.41) is 0. The fourth-order valence-electron chi connectivity index (χ4n) is 1.60. The van der Waals surface area contributed by atoms with E-state index in [2.05, 4.69) is 5.48 Å². The third-order valence-corrected chi connectivity index (χ3v) is 2.56. The third-order valence-electron chi connectivity index (χ3n) is 2.56. The maximum atomic E-state index is 11.7. The second-order valence-electron chi connectivity index (χ2n) is 3.84. The first-order valence-electron chi connectivity index (χ1n) is 5.91. The van der Waals surface area contributed by atoms with Crippen molar-refractivity contribution in [2.45, 2.75) is 13.3 Å². The van der Waals surface area contributed by atoms with Crippen molar-refractivity contribution < 1.29 is 9.63 Å². The van der Waals surface area contributed by atoms with Crippen molar-refractivity contribution in [3.8, 4) is 5.75 Å². The Morgan fingerprint density at radius 3 is 2.44 bits per heavy atom. The normalized spacial score (nSPS) is 9.83. The van der Waals surface area contributed by atoms with Crippen molar-refractivity contribution in [1.82, 2.24) is 0 Å². The lowest BCUT2D eigenvalue weighted by Crippen LogP contribution is -2.08. The van der Waals surface area contributed by atoms with Crippen molar-refractivity contribution in [2.24, 2.45) is 0 Å². The first-order valence-corrected chi connectivity index (χ1v) is 5.91. The topological polar surface area (TPSA) is 38.3 Å². The van der Waals surface area contributed by atoms with Crippen LogP contribution >= 0.6 is 0 Å². The minimum Gasteiger partial charge on any atom is -0.381 e. The van der Waals surface area contributed by atoms with Crippen molar-refractivity contribution in [2.75, 3.05) is 5.48 Å². The number of para-hydroxylation sites is 2. The monoisotopic (exact) mass is 241 g/mol. The van der Waals surface area contributed by atoms with E-state index in [0.717, 1.165) is 5.69 Å². The second-order valence-corrected chi connectivity index (χ2v) is 3.84. The van der Waals surface area contributed by atoms with E-state index >= 15 is 0 Å². The van der Waals surface area contributed by atoms with Crippen LogP contribution in [0.1, 0.15) is 23.7 Å². The lowest BCUT2D eigenvalue weighted by Gasteiger charge is -2.11. The number of carbonyl (C=O) groups excluding carboxylic acids is 1. The summed E-state index contributed by atoms with van der Waals surface area (Å²) in [5.74, 6) is 0.619. The molecule has 0 unspecified atom stereocenters. The molecule has 3 nitrogen and oxygen atoms in total. The van der Waals surface area contributed by atoms with E-state index in [1.54, 1.807) is 12.1 Å². The first kappa shape index (κ1) is 12.2. The highest BCUT2D eigenvalue weighted by Crippen LogP contribution is 2.20. The highest BCUT2D eigenvalue weighted by Gasteiger charge is 2.10. The van der Waals surface area contributed by atoms with Gasteiger partial charge in [0, 0.05) is 6.42 Å². The lowest BCUT2D eigenvalue weighted by molar-refractivity contribution is 0.0985. The van der Waals surface area contributed by atoms with Gasteiger partial charge in [-0.25, -0.2) is 5.48 Å². The fraction of sp³-hybridized carbons (Fsp3) is 0.133. The molecule has 2 aromatic carbocycles. The van der Waals surface area contributed by atoms with Crippen LogP contribution in [0.15, 0.2) is 54.6 Å². The molecule has 0 fully saturated rings. The Labute approximate surface area is 106 Å². The molecule has 2 rings (SSSR count). The lowest BCUT2D eigenvalue weighted by atomic mass is 10.1. The van der Waals surface area contributed by atoms with Gasteiger partial charge in [-0.15, -0.1) is 0 Å². The molecule has 0 bridgehead atoms. The number of Topliss-reactive ketones (excluding diaryl/α,β-unsaturated/α-hetero) is 1. The molecule has 0 spiro atoms.